The summed E-state index contributed by atoms with van der Waals surface area (Å²) in [5, 5.41) is 10.5. The molecule has 0 aliphatic carbocycles. The Hall–Kier alpha value is -1.03. The smallest absolute Gasteiger partial charge is 0.258 e. The Morgan fingerprint density at radius 3 is 2.67 bits per heavy atom. The van der Waals surface area contributed by atoms with Crippen LogP contribution in [-0.2, 0) is 6.42 Å². The van der Waals surface area contributed by atoms with Gasteiger partial charge < -0.3 is 0 Å². The first-order chi connectivity index (χ1) is 5.75. The number of para-hydroxylation sites is 1. The molecule has 1 aromatic rings. The van der Waals surface area contributed by atoms with Crippen molar-refractivity contribution in [2.45, 2.75) is 6.42 Å². The summed E-state index contributed by atoms with van der Waals surface area (Å²) in [5.74, 6) is 0.519. The standard InChI is InChI=1S/C8H8NO2S/c10-9(11)8-4-2-1-3-7(8)5-6-12/h1-4H,5-6H2. The highest BCUT2D eigenvalue weighted by atomic mass is 32.1. The Labute approximate surface area is 76.0 Å². The van der Waals surface area contributed by atoms with Crippen molar-refractivity contribution < 1.29 is 4.92 Å². The molecule has 0 bridgehead atoms. The molecule has 4 heteroatoms. The quantitative estimate of drug-likeness (QED) is 0.532. The van der Waals surface area contributed by atoms with Crippen molar-refractivity contribution in [2.24, 2.45) is 0 Å². The molecule has 0 N–H and O–H groups in total. The fraction of sp³-hybridized carbons (Fsp3) is 0.250. The van der Waals surface area contributed by atoms with E-state index in [1.54, 1.807) is 18.2 Å². The number of nitrogens with zero attached hydrogens (tertiary/aromatic N) is 1. The molecule has 0 aliphatic rings. The third-order valence-electron chi connectivity index (χ3n) is 1.56. The number of benzene rings is 1. The van der Waals surface area contributed by atoms with Gasteiger partial charge in [-0.15, -0.1) is 0 Å². The Kier molecular flexibility index (Phi) is 3.10. The molecule has 0 heterocycles. The van der Waals surface area contributed by atoms with E-state index in [2.05, 4.69) is 0 Å². The van der Waals surface area contributed by atoms with Crippen LogP contribution < -0.4 is 0 Å². The van der Waals surface area contributed by atoms with E-state index >= 15 is 0 Å². The Balaban J connectivity index is 3.00. The van der Waals surface area contributed by atoms with Crippen LogP contribution in [0.15, 0.2) is 24.3 Å². The van der Waals surface area contributed by atoms with Gasteiger partial charge in [-0.05, 0) is 6.42 Å². The van der Waals surface area contributed by atoms with E-state index in [-0.39, 0.29) is 10.6 Å². The lowest BCUT2D eigenvalue weighted by Gasteiger charge is -1.98. The van der Waals surface area contributed by atoms with Gasteiger partial charge in [-0.3, -0.25) is 10.1 Å². The van der Waals surface area contributed by atoms with Gasteiger partial charge >= 0.3 is 0 Å². The van der Waals surface area contributed by atoms with Crippen molar-refractivity contribution in [2.75, 3.05) is 5.75 Å². The van der Waals surface area contributed by atoms with E-state index in [0.29, 0.717) is 12.2 Å². The molecule has 0 aromatic heterocycles. The highest BCUT2D eigenvalue weighted by molar-refractivity contribution is 7.80. The van der Waals surface area contributed by atoms with Crippen LogP contribution in [0.25, 0.3) is 0 Å². The summed E-state index contributed by atoms with van der Waals surface area (Å²) < 4.78 is 0. The molecule has 0 unspecified atom stereocenters. The Morgan fingerprint density at radius 1 is 1.42 bits per heavy atom. The van der Waals surface area contributed by atoms with Gasteiger partial charge in [-0.1, -0.05) is 30.8 Å². The monoisotopic (exact) mass is 182 g/mol. The average molecular weight is 182 g/mol. The summed E-state index contributed by atoms with van der Waals surface area (Å²) in [5.41, 5.74) is 0.889. The lowest BCUT2D eigenvalue weighted by atomic mass is 10.1. The maximum atomic E-state index is 10.5. The number of aryl methyl sites for hydroxylation is 1. The zero-order valence-electron chi connectivity index (χ0n) is 6.40. The van der Waals surface area contributed by atoms with E-state index < -0.39 is 0 Å². The number of rotatable bonds is 3. The van der Waals surface area contributed by atoms with Gasteiger partial charge in [0.25, 0.3) is 5.69 Å². The molecule has 1 radical (unpaired) electrons. The second-order valence-corrected chi connectivity index (χ2v) is 2.75. The second kappa shape index (κ2) is 4.11. The third kappa shape index (κ3) is 1.98. The molecule has 12 heavy (non-hydrogen) atoms. The fourth-order valence-electron chi connectivity index (χ4n) is 1.01. The molecular weight excluding hydrogens is 174 g/mol. The van der Waals surface area contributed by atoms with Gasteiger partial charge in [0.2, 0.25) is 0 Å². The van der Waals surface area contributed by atoms with Crippen LogP contribution in [0.2, 0.25) is 0 Å². The Bertz CT molecular complexity index is 288. The number of hydrogen-bond acceptors (Lipinski definition) is 2. The summed E-state index contributed by atoms with van der Waals surface area (Å²) in [6, 6.07) is 6.68. The summed E-state index contributed by atoms with van der Waals surface area (Å²) in [6.07, 6.45) is 0.590. The lowest BCUT2D eigenvalue weighted by molar-refractivity contribution is -0.385. The van der Waals surface area contributed by atoms with Gasteiger partial charge in [-0.2, -0.15) is 0 Å². The minimum Gasteiger partial charge on any atom is -0.258 e. The van der Waals surface area contributed by atoms with Crippen molar-refractivity contribution >= 4 is 18.3 Å². The molecule has 1 rings (SSSR count). The van der Waals surface area contributed by atoms with E-state index in [9.17, 15) is 10.1 Å². The Morgan fingerprint density at radius 2 is 2.08 bits per heavy atom. The molecule has 3 nitrogen and oxygen atoms in total. The molecule has 0 atom stereocenters. The zero-order valence-corrected chi connectivity index (χ0v) is 7.21. The van der Waals surface area contributed by atoms with Crippen LogP contribution in [-0.4, -0.2) is 10.7 Å². The summed E-state index contributed by atoms with van der Waals surface area (Å²) >= 11 is 4.76. The van der Waals surface area contributed by atoms with Crippen LogP contribution in [0.3, 0.4) is 0 Å². The van der Waals surface area contributed by atoms with Crippen LogP contribution >= 0.6 is 12.6 Å². The first-order valence-corrected chi connectivity index (χ1v) is 4.14. The molecule has 0 amide bonds. The molecule has 0 spiro atoms. The van der Waals surface area contributed by atoms with Gasteiger partial charge in [-0.25, -0.2) is 0 Å². The van der Waals surface area contributed by atoms with E-state index in [4.69, 9.17) is 12.6 Å². The van der Waals surface area contributed by atoms with Crippen LogP contribution in [0.4, 0.5) is 5.69 Å². The van der Waals surface area contributed by atoms with Crippen molar-refractivity contribution in [3.8, 4) is 0 Å². The van der Waals surface area contributed by atoms with Crippen molar-refractivity contribution in [1.82, 2.24) is 0 Å². The minimum atomic E-state index is -0.375. The lowest BCUT2D eigenvalue weighted by Crippen LogP contribution is -1.95. The first-order valence-electron chi connectivity index (χ1n) is 3.56. The van der Waals surface area contributed by atoms with E-state index in [1.165, 1.54) is 6.07 Å². The largest absolute Gasteiger partial charge is 0.272 e. The molecule has 1 aromatic carbocycles. The van der Waals surface area contributed by atoms with Gasteiger partial charge in [0.1, 0.15) is 0 Å². The summed E-state index contributed by atoms with van der Waals surface area (Å²) in [7, 11) is 0. The van der Waals surface area contributed by atoms with Gasteiger partial charge in [0.05, 0.1) is 4.92 Å². The van der Waals surface area contributed by atoms with Gasteiger partial charge in [0.15, 0.2) is 0 Å². The molecule has 0 saturated carbocycles. The maximum absolute atomic E-state index is 10.5. The second-order valence-electron chi connectivity index (χ2n) is 2.34. The maximum Gasteiger partial charge on any atom is 0.272 e. The van der Waals surface area contributed by atoms with Crippen LogP contribution in [0.5, 0.6) is 0 Å². The highest BCUT2D eigenvalue weighted by Gasteiger charge is 2.10. The predicted molar refractivity (Wildman–Crippen MR) is 49.3 cm³/mol. The zero-order chi connectivity index (χ0) is 8.97. The number of nitro groups is 1. The van der Waals surface area contributed by atoms with Crippen molar-refractivity contribution in [3.63, 3.8) is 0 Å². The topological polar surface area (TPSA) is 43.1 Å². The van der Waals surface area contributed by atoms with E-state index in [0.717, 1.165) is 5.56 Å². The normalized spacial score (nSPS) is 9.75. The van der Waals surface area contributed by atoms with Crippen molar-refractivity contribution in [1.29, 1.82) is 0 Å². The first kappa shape index (κ1) is 9.06. The SMILES string of the molecule is O=[N+]([O-])c1ccccc1CC[S]. The predicted octanol–water partition coefficient (Wildman–Crippen LogP) is 2.33. The highest BCUT2D eigenvalue weighted by Crippen LogP contribution is 2.17. The molecule has 0 saturated heterocycles. The van der Waals surface area contributed by atoms with Crippen LogP contribution in [0.1, 0.15) is 5.56 Å². The summed E-state index contributed by atoms with van der Waals surface area (Å²) in [4.78, 5) is 10.1. The third-order valence-corrected chi connectivity index (χ3v) is 1.76. The molecule has 63 valence electrons. The minimum absolute atomic E-state index is 0.169. The summed E-state index contributed by atoms with van der Waals surface area (Å²) in [6.45, 7) is 0. The number of hydrogen-bond donors (Lipinski definition) is 0. The molecule has 0 fully saturated rings. The van der Waals surface area contributed by atoms with E-state index in [1.807, 2.05) is 0 Å². The average Bonchev–Trinajstić information content (AvgIpc) is 2.05. The van der Waals surface area contributed by atoms with Crippen LogP contribution in [0, 0.1) is 10.1 Å². The molecule has 0 aliphatic heterocycles. The van der Waals surface area contributed by atoms with Crippen molar-refractivity contribution in [3.05, 3.63) is 39.9 Å². The fourth-order valence-corrected chi connectivity index (χ4v) is 1.23. The molecular formula is C8H8NO2S. The number of nitro benzene ring substituents is 1. The van der Waals surface area contributed by atoms with Gasteiger partial charge in [0, 0.05) is 17.4 Å².